The Balaban J connectivity index is 2.17. The van der Waals surface area contributed by atoms with Crippen LogP contribution in [0.1, 0.15) is 44.7 Å². The second-order valence-corrected chi connectivity index (χ2v) is 6.12. The highest BCUT2D eigenvalue weighted by Gasteiger charge is 2.30. The topological polar surface area (TPSA) is 35.2 Å². The first-order valence-electron chi connectivity index (χ1n) is 7.26. The SMILES string of the molecule is CC1CC(C)CC(C(N)c2ccccc2OC(F)F)C1. The number of benzene rings is 1. The zero-order valence-corrected chi connectivity index (χ0v) is 12.1. The van der Waals surface area contributed by atoms with E-state index in [2.05, 4.69) is 18.6 Å². The van der Waals surface area contributed by atoms with E-state index in [4.69, 9.17) is 5.73 Å². The highest BCUT2D eigenvalue weighted by atomic mass is 19.3. The molecule has 0 aliphatic heterocycles. The molecule has 1 aliphatic carbocycles. The minimum absolute atomic E-state index is 0.209. The van der Waals surface area contributed by atoms with Crippen LogP contribution in [0.5, 0.6) is 5.75 Å². The van der Waals surface area contributed by atoms with Crippen molar-refractivity contribution in [3.63, 3.8) is 0 Å². The van der Waals surface area contributed by atoms with Crippen LogP contribution in [0.3, 0.4) is 0 Å². The Hall–Kier alpha value is -1.16. The van der Waals surface area contributed by atoms with Gasteiger partial charge in [-0.25, -0.2) is 0 Å². The first-order valence-corrected chi connectivity index (χ1v) is 7.26. The van der Waals surface area contributed by atoms with E-state index in [1.165, 1.54) is 6.42 Å². The molecule has 112 valence electrons. The number of nitrogens with two attached hydrogens (primary N) is 1. The third kappa shape index (κ3) is 3.69. The van der Waals surface area contributed by atoms with Gasteiger partial charge in [0.2, 0.25) is 0 Å². The van der Waals surface area contributed by atoms with Crippen LogP contribution in [-0.2, 0) is 0 Å². The van der Waals surface area contributed by atoms with Gasteiger partial charge in [-0.2, -0.15) is 8.78 Å². The van der Waals surface area contributed by atoms with Gasteiger partial charge >= 0.3 is 6.61 Å². The van der Waals surface area contributed by atoms with Crippen LogP contribution >= 0.6 is 0 Å². The van der Waals surface area contributed by atoms with Crippen molar-refractivity contribution < 1.29 is 13.5 Å². The predicted molar refractivity (Wildman–Crippen MR) is 75.7 cm³/mol. The molecule has 0 bridgehead atoms. The molecule has 0 heterocycles. The number of hydrogen-bond acceptors (Lipinski definition) is 2. The molecule has 0 radical (unpaired) electrons. The smallest absolute Gasteiger partial charge is 0.387 e. The highest BCUT2D eigenvalue weighted by molar-refractivity contribution is 5.36. The van der Waals surface area contributed by atoms with Crippen LogP contribution in [0.15, 0.2) is 24.3 Å². The molecule has 3 atom stereocenters. The van der Waals surface area contributed by atoms with Gasteiger partial charge in [-0.05, 0) is 43.1 Å². The standard InChI is InChI=1S/C16H23F2NO/c1-10-7-11(2)9-12(8-10)15(19)13-5-3-4-6-14(13)20-16(17)18/h3-6,10-12,15-16H,7-9,19H2,1-2H3. The van der Waals surface area contributed by atoms with E-state index in [9.17, 15) is 8.78 Å². The summed E-state index contributed by atoms with van der Waals surface area (Å²) >= 11 is 0. The van der Waals surface area contributed by atoms with Crippen molar-refractivity contribution in [2.24, 2.45) is 23.5 Å². The maximum Gasteiger partial charge on any atom is 0.387 e. The number of hydrogen-bond donors (Lipinski definition) is 1. The molecule has 2 nitrogen and oxygen atoms in total. The van der Waals surface area contributed by atoms with Crippen molar-refractivity contribution in [3.8, 4) is 5.75 Å². The first-order chi connectivity index (χ1) is 9.47. The lowest BCUT2D eigenvalue weighted by molar-refractivity contribution is -0.0508. The molecule has 4 heteroatoms. The van der Waals surface area contributed by atoms with Gasteiger partial charge in [0.1, 0.15) is 5.75 Å². The van der Waals surface area contributed by atoms with Crippen molar-refractivity contribution in [1.29, 1.82) is 0 Å². The lowest BCUT2D eigenvalue weighted by Gasteiger charge is -2.35. The van der Waals surface area contributed by atoms with Gasteiger partial charge in [0.05, 0.1) is 0 Å². The highest BCUT2D eigenvalue weighted by Crippen LogP contribution is 2.40. The van der Waals surface area contributed by atoms with Gasteiger partial charge in [0.25, 0.3) is 0 Å². The average molecular weight is 283 g/mol. The number of rotatable bonds is 4. The molecule has 20 heavy (non-hydrogen) atoms. The summed E-state index contributed by atoms with van der Waals surface area (Å²) in [5.41, 5.74) is 7.04. The Kier molecular flexibility index (Phi) is 4.97. The van der Waals surface area contributed by atoms with Gasteiger partial charge in [0, 0.05) is 11.6 Å². The molecule has 1 aliphatic rings. The predicted octanol–water partition coefficient (Wildman–Crippen LogP) is 4.36. The van der Waals surface area contributed by atoms with Crippen molar-refractivity contribution >= 4 is 0 Å². The Morgan fingerprint density at radius 2 is 1.70 bits per heavy atom. The maximum atomic E-state index is 12.5. The minimum atomic E-state index is -2.81. The second-order valence-electron chi connectivity index (χ2n) is 6.12. The molecule has 1 aromatic rings. The van der Waals surface area contributed by atoms with Crippen LogP contribution in [0.4, 0.5) is 8.78 Å². The Morgan fingerprint density at radius 3 is 2.30 bits per heavy atom. The summed E-state index contributed by atoms with van der Waals surface area (Å²) in [6.07, 6.45) is 3.32. The summed E-state index contributed by atoms with van der Waals surface area (Å²) in [6.45, 7) is 1.65. The zero-order valence-electron chi connectivity index (χ0n) is 12.1. The quantitative estimate of drug-likeness (QED) is 0.891. The Morgan fingerprint density at radius 1 is 1.10 bits per heavy atom. The molecule has 0 saturated heterocycles. The minimum Gasteiger partial charge on any atom is -0.434 e. The van der Waals surface area contributed by atoms with Gasteiger partial charge in [-0.15, -0.1) is 0 Å². The van der Waals surface area contributed by atoms with Crippen molar-refractivity contribution in [2.45, 2.75) is 45.8 Å². The Labute approximate surface area is 119 Å². The number of halogens is 2. The number of alkyl halides is 2. The summed E-state index contributed by atoms with van der Waals surface area (Å²) in [5, 5.41) is 0. The van der Waals surface area contributed by atoms with E-state index in [-0.39, 0.29) is 11.8 Å². The van der Waals surface area contributed by atoms with Gasteiger partial charge < -0.3 is 10.5 Å². The van der Waals surface area contributed by atoms with Crippen molar-refractivity contribution in [1.82, 2.24) is 0 Å². The Bertz CT molecular complexity index is 428. The van der Waals surface area contributed by atoms with Crippen molar-refractivity contribution in [2.75, 3.05) is 0 Å². The summed E-state index contributed by atoms with van der Waals surface area (Å²) in [7, 11) is 0. The summed E-state index contributed by atoms with van der Waals surface area (Å²) in [4.78, 5) is 0. The van der Waals surface area contributed by atoms with Crippen LogP contribution in [0.2, 0.25) is 0 Å². The molecular weight excluding hydrogens is 260 g/mol. The normalized spacial score (nSPS) is 28.4. The third-order valence-electron chi connectivity index (χ3n) is 4.22. The molecule has 0 aromatic heterocycles. The molecule has 3 unspecified atom stereocenters. The second kappa shape index (κ2) is 6.53. The molecule has 1 fully saturated rings. The molecule has 2 N–H and O–H groups in total. The molecule has 2 rings (SSSR count). The largest absolute Gasteiger partial charge is 0.434 e. The van der Waals surface area contributed by atoms with E-state index >= 15 is 0 Å². The molecule has 0 spiro atoms. The van der Waals surface area contributed by atoms with Crippen LogP contribution < -0.4 is 10.5 Å². The molecular formula is C16H23F2NO. The van der Waals surface area contributed by atoms with Gasteiger partial charge in [-0.3, -0.25) is 0 Å². The summed E-state index contributed by atoms with van der Waals surface area (Å²) in [6, 6.07) is 6.64. The van der Waals surface area contributed by atoms with Gasteiger partial charge in [0.15, 0.2) is 0 Å². The first kappa shape index (κ1) is 15.2. The van der Waals surface area contributed by atoms with Crippen LogP contribution in [-0.4, -0.2) is 6.61 Å². The van der Waals surface area contributed by atoms with E-state index < -0.39 is 6.61 Å². The summed E-state index contributed by atoms with van der Waals surface area (Å²) < 4.78 is 29.5. The molecule has 1 aromatic carbocycles. The van der Waals surface area contributed by atoms with E-state index in [1.54, 1.807) is 18.2 Å². The lowest BCUT2D eigenvalue weighted by atomic mass is 9.72. The number of para-hydroxylation sites is 1. The fourth-order valence-electron chi connectivity index (χ4n) is 3.52. The zero-order chi connectivity index (χ0) is 14.7. The van der Waals surface area contributed by atoms with E-state index in [0.29, 0.717) is 23.3 Å². The fourth-order valence-corrected chi connectivity index (χ4v) is 3.52. The maximum absolute atomic E-state index is 12.5. The van der Waals surface area contributed by atoms with Crippen LogP contribution in [0.25, 0.3) is 0 Å². The number of ether oxygens (including phenoxy) is 1. The molecule has 0 amide bonds. The van der Waals surface area contributed by atoms with E-state index in [1.807, 2.05) is 6.07 Å². The van der Waals surface area contributed by atoms with Gasteiger partial charge in [-0.1, -0.05) is 32.0 Å². The van der Waals surface area contributed by atoms with Crippen LogP contribution in [0, 0.1) is 17.8 Å². The van der Waals surface area contributed by atoms with E-state index in [0.717, 1.165) is 12.8 Å². The lowest BCUT2D eigenvalue weighted by Crippen LogP contribution is -2.29. The fraction of sp³-hybridized carbons (Fsp3) is 0.625. The van der Waals surface area contributed by atoms with Crippen molar-refractivity contribution in [3.05, 3.63) is 29.8 Å². The summed E-state index contributed by atoms with van der Waals surface area (Å²) in [5.74, 6) is 1.81. The average Bonchev–Trinajstić information content (AvgIpc) is 2.36. The molecule has 1 saturated carbocycles. The monoisotopic (exact) mass is 283 g/mol. The third-order valence-corrected chi connectivity index (χ3v) is 4.22.